The van der Waals surface area contributed by atoms with Crippen molar-refractivity contribution in [3.8, 4) is 0 Å². The van der Waals surface area contributed by atoms with Gasteiger partial charge in [0.2, 0.25) is 15.9 Å². The number of sulfone groups is 1. The second-order valence-electron chi connectivity index (χ2n) is 6.77. The van der Waals surface area contributed by atoms with Gasteiger partial charge in [0, 0.05) is 31.5 Å². The molecule has 1 aliphatic rings. The van der Waals surface area contributed by atoms with Gasteiger partial charge in [-0.2, -0.15) is 4.31 Å². The van der Waals surface area contributed by atoms with Crippen LogP contribution in [-0.2, 0) is 24.7 Å². The average Bonchev–Trinajstić information content (AvgIpc) is 2.69. The van der Waals surface area contributed by atoms with E-state index in [0.717, 1.165) is 6.26 Å². The number of rotatable bonds is 5. The number of piperidine rings is 1. The molecule has 0 spiro atoms. The van der Waals surface area contributed by atoms with Crippen molar-refractivity contribution < 1.29 is 21.6 Å². The first kappa shape index (κ1) is 21.7. The van der Waals surface area contributed by atoms with Crippen molar-refractivity contribution in [1.82, 2.24) is 9.29 Å². The summed E-state index contributed by atoms with van der Waals surface area (Å²) < 4.78 is 50.0. The van der Waals surface area contributed by atoms with Gasteiger partial charge in [0.25, 0.3) is 0 Å². The Kier molecular flexibility index (Phi) is 6.27. The molecule has 1 amide bonds. The van der Waals surface area contributed by atoms with Crippen LogP contribution in [0.5, 0.6) is 0 Å². The van der Waals surface area contributed by atoms with Crippen LogP contribution in [0.3, 0.4) is 0 Å². The summed E-state index contributed by atoms with van der Waals surface area (Å²) in [5.41, 5.74) is 0. The smallest absolute Gasteiger partial charge is 0.243 e. The molecule has 8 nitrogen and oxygen atoms in total. The molecule has 29 heavy (non-hydrogen) atoms. The van der Waals surface area contributed by atoms with E-state index in [1.54, 1.807) is 12.1 Å². The lowest BCUT2D eigenvalue weighted by Crippen LogP contribution is -2.41. The van der Waals surface area contributed by atoms with Gasteiger partial charge in [0.15, 0.2) is 9.84 Å². The maximum Gasteiger partial charge on any atom is 0.243 e. The number of nitrogens with one attached hydrogen (secondary N) is 1. The van der Waals surface area contributed by atoms with Gasteiger partial charge in [-0.05, 0) is 49.2 Å². The summed E-state index contributed by atoms with van der Waals surface area (Å²) in [6, 6.07) is 8.35. The Labute approximate surface area is 174 Å². The van der Waals surface area contributed by atoms with Crippen molar-refractivity contribution in [3.05, 3.63) is 47.6 Å². The minimum absolute atomic E-state index is 0.0261. The lowest BCUT2D eigenvalue weighted by Gasteiger charge is -2.30. The van der Waals surface area contributed by atoms with Gasteiger partial charge in [0.1, 0.15) is 5.82 Å². The molecule has 0 aliphatic carbocycles. The van der Waals surface area contributed by atoms with Crippen molar-refractivity contribution in [2.75, 3.05) is 24.7 Å². The number of sulfonamides is 1. The molecule has 0 unspecified atom stereocenters. The van der Waals surface area contributed by atoms with Crippen molar-refractivity contribution in [2.24, 2.45) is 5.92 Å². The van der Waals surface area contributed by atoms with Crippen LogP contribution in [0.25, 0.3) is 0 Å². The number of benzene rings is 1. The van der Waals surface area contributed by atoms with Crippen LogP contribution in [0.15, 0.2) is 52.4 Å². The Balaban J connectivity index is 1.63. The highest BCUT2D eigenvalue weighted by Crippen LogP contribution is 2.25. The maximum atomic E-state index is 12.8. The molecule has 0 atom stereocenters. The zero-order valence-corrected chi connectivity index (χ0v) is 18.0. The van der Waals surface area contributed by atoms with E-state index >= 15 is 0 Å². The number of aromatic nitrogens is 1. The molecule has 1 fully saturated rings. The van der Waals surface area contributed by atoms with Crippen molar-refractivity contribution in [1.29, 1.82) is 0 Å². The van der Waals surface area contributed by atoms with Crippen LogP contribution in [0, 0.1) is 5.92 Å². The fourth-order valence-electron chi connectivity index (χ4n) is 3.04. The molecule has 0 saturated carbocycles. The second kappa shape index (κ2) is 8.39. The zero-order chi connectivity index (χ0) is 21.2. The molecule has 2 heterocycles. The van der Waals surface area contributed by atoms with E-state index in [2.05, 4.69) is 10.3 Å². The summed E-state index contributed by atoms with van der Waals surface area (Å²) >= 11 is 5.77. The highest BCUT2D eigenvalue weighted by Gasteiger charge is 2.32. The predicted molar refractivity (Wildman–Crippen MR) is 109 cm³/mol. The number of pyridine rings is 1. The lowest BCUT2D eigenvalue weighted by molar-refractivity contribution is -0.120. The highest BCUT2D eigenvalue weighted by molar-refractivity contribution is 7.90. The fourth-order valence-corrected chi connectivity index (χ4v) is 5.26. The highest BCUT2D eigenvalue weighted by atomic mass is 35.5. The minimum Gasteiger partial charge on any atom is -0.310 e. The third-order valence-corrected chi connectivity index (χ3v) is 7.96. The largest absolute Gasteiger partial charge is 0.310 e. The molecule has 1 aromatic heterocycles. The summed E-state index contributed by atoms with van der Waals surface area (Å²) in [7, 11) is -7.16. The lowest BCUT2D eigenvalue weighted by atomic mass is 9.97. The van der Waals surface area contributed by atoms with Gasteiger partial charge in [-0.1, -0.05) is 11.6 Å². The number of halogens is 1. The topological polar surface area (TPSA) is 114 Å². The number of amides is 1. The molecular weight excluding hydrogens is 438 g/mol. The number of carbonyl (C=O) groups excluding carboxylic acids is 1. The second-order valence-corrected chi connectivity index (χ2v) is 11.2. The Morgan fingerprint density at radius 1 is 1.03 bits per heavy atom. The summed E-state index contributed by atoms with van der Waals surface area (Å²) in [4.78, 5) is 16.5. The van der Waals surface area contributed by atoms with Gasteiger partial charge in [-0.25, -0.2) is 21.8 Å². The van der Waals surface area contributed by atoms with E-state index in [9.17, 15) is 21.6 Å². The first-order valence-corrected chi connectivity index (χ1v) is 12.5. The molecule has 1 saturated heterocycles. The van der Waals surface area contributed by atoms with Crippen molar-refractivity contribution in [3.63, 3.8) is 0 Å². The average molecular weight is 458 g/mol. The molecule has 0 bridgehead atoms. The van der Waals surface area contributed by atoms with Gasteiger partial charge < -0.3 is 5.32 Å². The minimum atomic E-state index is -3.76. The molecule has 156 valence electrons. The standard InChI is InChI=1S/C18H20ClN3O5S2/c1-28(24,25)15-3-5-16(6-4-15)29(26,27)22-10-8-13(9-11-22)18(23)21-17-7-2-14(19)12-20-17/h2-7,12-13H,8-11H2,1H3,(H,20,21,23). The van der Waals surface area contributed by atoms with Crippen LogP contribution in [0.4, 0.5) is 5.82 Å². The van der Waals surface area contributed by atoms with Crippen molar-refractivity contribution >= 4 is 43.2 Å². The molecule has 0 radical (unpaired) electrons. The summed E-state index contributed by atoms with van der Waals surface area (Å²) in [6.45, 7) is 0.393. The first-order chi connectivity index (χ1) is 13.6. The van der Waals surface area contributed by atoms with E-state index in [0.29, 0.717) is 23.7 Å². The van der Waals surface area contributed by atoms with Crippen LogP contribution < -0.4 is 5.32 Å². The van der Waals surface area contributed by atoms with Crippen LogP contribution in [0.2, 0.25) is 5.02 Å². The summed E-state index contributed by atoms with van der Waals surface area (Å²) in [6.07, 6.45) is 3.24. The van der Waals surface area contributed by atoms with E-state index in [1.165, 1.54) is 34.8 Å². The SMILES string of the molecule is CS(=O)(=O)c1ccc(S(=O)(=O)N2CCC(C(=O)Nc3ccc(Cl)cn3)CC2)cc1. The van der Waals surface area contributed by atoms with Gasteiger partial charge >= 0.3 is 0 Å². The molecule has 11 heteroatoms. The molecule has 1 aromatic carbocycles. The number of nitrogens with zero attached hydrogens (tertiary/aromatic N) is 2. The number of carbonyl (C=O) groups is 1. The quantitative estimate of drug-likeness (QED) is 0.736. The van der Waals surface area contributed by atoms with E-state index in [1.807, 2.05) is 0 Å². The molecule has 1 aliphatic heterocycles. The Hall–Kier alpha value is -2.01. The first-order valence-electron chi connectivity index (χ1n) is 8.80. The Bertz CT molecular complexity index is 1090. The number of hydrogen-bond donors (Lipinski definition) is 1. The zero-order valence-electron chi connectivity index (χ0n) is 15.6. The van der Waals surface area contributed by atoms with E-state index < -0.39 is 19.9 Å². The Morgan fingerprint density at radius 3 is 2.14 bits per heavy atom. The fraction of sp³-hybridized carbons (Fsp3) is 0.333. The Morgan fingerprint density at radius 2 is 1.62 bits per heavy atom. The molecular formula is C18H20ClN3O5S2. The monoisotopic (exact) mass is 457 g/mol. The van der Waals surface area contributed by atoms with E-state index in [4.69, 9.17) is 11.6 Å². The van der Waals surface area contributed by atoms with E-state index in [-0.39, 0.29) is 34.7 Å². The maximum absolute atomic E-state index is 12.8. The van der Waals surface area contributed by atoms with Gasteiger partial charge in [0.05, 0.1) is 14.8 Å². The van der Waals surface area contributed by atoms with Crippen LogP contribution in [-0.4, -0.2) is 51.4 Å². The number of hydrogen-bond acceptors (Lipinski definition) is 6. The van der Waals surface area contributed by atoms with Gasteiger partial charge in [-0.15, -0.1) is 0 Å². The number of anilines is 1. The molecule has 3 rings (SSSR count). The third-order valence-electron chi connectivity index (χ3n) is 4.69. The molecule has 2 aromatic rings. The summed E-state index contributed by atoms with van der Waals surface area (Å²) in [5, 5.41) is 3.17. The third kappa shape index (κ3) is 5.13. The summed E-state index contributed by atoms with van der Waals surface area (Å²) in [5.74, 6) is -0.152. The van der Waals surface area contributed by atoms with Gasteiger partial charge in [-0.3, -0.25) is 4.79 Å². The van der Waals surface area contributed by atoms with Crippen LogP contribution >= 0.6 is 11.6 Å². The normalized spacial score (nSPS) is 16.5. The predicted octanol–water partition coefficient (Wildman–Crippen LogP) is 2.18. The molecule has 1 N–H and O–H groups in total. The van der Waals surface area contributed by atoms with Crippen LogP contribution in [0.1, 0.15) is 12.8 Å². The van der Waals surface area contributed by atoms with Crippen molar-refractivity contribution in [2.45, 2.75) is 22.6 Å².